The lowest BCUT2D eigenvalue weighted by Crippen LogP contribution is -2.19. The van der Waals surface area contributed by atoms with Crippen LogP contribution in [0.3, 0.4) is 0 Å². The minimum atomic E-state index is -0.151. The molecule has 0 saturated carbocycles. The van der Waals surface area contributed by atoms with E-state index >= 15 is 0 Å². The normalized spacial score (nSPS) is 12.0. The molecule has 112 valence electrons. The predicted octanol–water partition coefficient (Wildman–Crippen LogP) is 3.64. The van der Waals surface area contributed by atoms with Crippen molar-refractivity contribution in [1.29, 1.82) is 0 Å². The quantitative estimate of drug-likeness (QED) is 0.881. The van der Waals surface area contributed by atoms with Crippen LogP contribution in [-0.4, -0.2) is 13.7 Å². The molecule has 0 radical (unpaired) electrons. The highest BCUT2D eigenvalue weighted by Gasteiger charge is 2.10. The summed E-state index contributed by atoms with van der Waals surface area (Å²) in [6.07, 6.45) is 1.03. The van der Waals surface area contributed by atoms with Gasteiger partial charge in [0.15, 0.2) is 11.5 Å². The molecule has 0 amide bonds. The first-order chi connectivity index (χ1) is 10.1. The summed E-state index contributed by atoms with van der Waals surface area (Å²) in [5, 5.41) is 0. The molecule has 1 unspecified atom stereocenters. The fraction of sp³-hybridized carbons (Fsp3) is 0.333. The van der Waals surface area contributed by atoms with Gasteiger partial charge in [0, 0.05) is 0 Å². The molecule has 2 aromatic carbocycles. The number of methoxy groups -OCH3 is 1. The third-order valence-corrected chi connectivity index (χ3v) is 3.55. The number of nitrogens with two attached hydrogens (primary N) is 1. The minimum absolute atomic E-state index is 0.151. The summed E-state index contributed by atoms with van der Waals surface area (Å²) in [6, 6.07) is 14.1. The highest BCUT2D eigenvalue weighted by Crippen LogP contribution is 2.28. The van der Waals surface area contributed by atoms with Crippen molar-refractivity contribution < 1.29 is 9.47 Å². The first kappa shape index (κ1) is 15.4. The van der Waals surface area contributed by atoms with E-state index in [0.29, 0.717) is 6.61 Å². The molecule has 2 aromatic rings. The highest BCUT2D eigenvalue weighted by molar-refractivity contribution is 5.42. The van der Waals surface area contributed by atoms with Crippen LogP contribution in [0.5, 0.6) is 11.5 Å². The zero-order valence-electron chi connectivity index (χ0n) is 12.9. The van der Waals surface area contributed by atoms with Crippen LogP contribution in [0.2, 0.25) is 0 Å². The lowest BCUT2D eigenvalue weighted by atomic mass is 10.1. The number of hydrogen-bond donors (Lipinski definition) is 1. The fourth-order valence-electron chi connectivity index (χ4n) is 2.17. The zero-order valence-corrected chi connectivity index (χ0v) is 12.9. The van der Waals surface area contributed by atoms with E-state index in [1.165, 1.54) is 5.56 Å². The fourth-order valence-corrected chi connectivity index (χ4v) is 2.17. The molecule has 2 N–H and O–H groups in total. The molecule has 0 aromatic heterocycles. The molecule has 21 heavy (non-hydrogen) atoms. The molecule has 3 nitrogen and oxygen atoms in total. The van der Waals surface area contributed by atoms with Gasteiger partial charge in [-0.3, -0.25) is 0 Å². The summed E-state index contributed by atoms with van der Waals surface area (Å²) in [5.74, 6) is 1.47. The summed E-state index contributed by atoms with van der Waals surface area (Å²) >= 11 is 0. The standard InChI is InChI=1S/C18H23NO2/c1-4-14-6-8-15(9-7-14)16(19)12-21-17-10-5-13(2)11-18(17)20-3/h5-11,16H,4,12,19H2,1-3H3. The molecule has 0 aliphatic carbocycles. The topological polar surface area (TPSA) is 44.5 Å². The van der Waals surface area contributed by atoms with Crippen LogP contribution in [-0.2, 0) is 6.42 Å². The Balaban J connectivity index is 2.01. The number of benzene rings is 2. The van der Waals surface area contributed by atoms with Gasteiger partial charge < -0.3 is 15.2 Å². The summed E-state index contributed by atoms with van der Waals surface area (Å²) in [4.78, 5) is 0. The predicted molar refractivity (Wildman–Crippen MR) is 86.0 cm³/mol. The Labute approximate surface area is 126 Å². The minimum Gasteiger partial charge on any atom is -0.493 e. The first-order valence-corrected chi connectivity index (χ1v) is 7.26. The molecular formula is C18H23NO2. The van der Waals surface area contributed by atoms with Gasteiger partial charge in [0.25, 0.3) is 0 Å². The summed E-state index contributed by atoms with van der Waals surface area (Å²) in [5.41, 5.74) is 9.72. The Morgan fingerprint density at radius 1 is 1.05 bits per heavy atom. The zero-order chi connectivity index (χ0) is 15.2. The van der Waals surface area contributed by atoms with Gasteiger partial charge in [-0.25, -0.2) is 0 Å². The Bertz CT molecular complexity index is 578. The maximum Gasteiger partial charge on any atom is 0.161 e. The number of ether oxygens (including phenoxy) is 2. The van der Waals surface area contributed by atoms with Crippen molar-refractivity contribution in [2.75, 3.05) is 13.7 Å². The van der Waals surface area contributed by atoms with E-state index in [4.69, 9.17) is 15.2 Å². The van der Waals surface area contributed by atoms with Crippen LogP contribution in [0, 0.1) is 6.92 Å². The van der Waals surface area contributed by atoms with Gasteiger partial charge in [0.1, 0.15) is 6.61 Å². The molecule has 1 atom stereocenters. The molecule has 0 saturated heterocycles. The van der Waals surface area contributed by atoms with E-state index in [1.807, 2.05) is 25.1 Å². The van der Waals surface area contributed by atoms with Gasteiger partial charge in [0.05, 0.1) is 13.2 Å². The molecular weight excluding hydrogens is 262 g/mol. The number of rotatable bonds is 6. The number of hydrogen-bond acceptors (Lipinski definition) is 3. The molecule has 3 heteroatoms. The molecule has 0 spiro atoms. The monoisotopic (exact) mass is 285 g/mol. The van der Waals surface area contributed by atoms with Crippen molar-refractivity contribution in [3.05, 3.63) is 59.2 Å². The Morgan fingerprint density at radius 2 is 1.76 bits per heavy atom. The second-order valence-electron chi connectivity index (χ2n) is 5.17. The van der Waals surface area contributed by atoms with Gasteiger partial charge in [0.2, 0.25) is 0 Å². The summed E-state index contributed by atoms with van der Waals surface area (Å²) in [6.45, 7) is 4.58. The molecule has 0 bridgehead atoms. The van der Waals surface area contributed by atoms with Crippen molar-refractivity contribution in [2.24, 2.45) is 5.73 Å². The van der Waals surface area contributed by atoms with Crippen LogP contribution < -0.4 is 15.2 Å². The van der Waals surface area contributed by atoms with Gasteiger partial charge >= 0.3 is 0 Å². The second kappa shape index (κ2) is 7.14. The molecule has 0 heterocycles. The molecule has 2 rings (SSSR count). The van der Waals surface area contributed by atoms with E-state index < -0.39 is 0 Å². The lowest BCUT2D eigenvalue weighted by Gasteiger charge is -2.16. The van der Waals surface area contributed by atoms with Gasteiger partial charge in [-0.05, 0) is 42.2 Å². The molecule has 0 aliphatic rings. The first-order valence-electron chi connectivity index (χ1n) is 7.26. The summed E-state index contributed by atoms with van der Waals surface area (Å²) in [7, 11) is 1.64. The lowest BCUT2D eigenvalue weighted by molar-refractivity contribution is 0.273. The van der Waals surface area contributed by atoms with Crippen molar-refractivity contribution in [1.82, 2.24) is 0 Å². The molecule has 0 fully saturated rings. The highest BCUT2D eigenvalue weighted by atomic mass is 16.5. The van der Waals surface area contributed by atoms with E-state index in [0.717, 1.165) is 29.0 Å². The number of aryl methyl sites for hydroxylation is 2. The maximum atomic E-state index is 6.19. The van der Waals surface area contributed by atoms with Crippen molar-refractivity contribution in [2.45, 2.75) is 26.3 Å². The Morgan fingerprint density at radius 3 is 2.38 bits per heavy atom. The van der Waals surface area contributed by atoms with Gasteiger partial charge in [-0.1, -0.05) is 37.3 Å². The van der Waals surface area contributed by atoms with E-state index in [1.54, 1.807) is 7.11 Å². The van der Waals surface area contributed by atoms with Crippen LogP contribution in [0.25, 0.3) is 0 Å². The van der Waals surface area contributed by atoms with Crippen molar-refractivity contribution in [3.63, 3.8) is 0 Å². The largest absolute Gasteiger partial charge is 0.493 e. The van der Waals surface area contributed by atoms with Crippen LogP contribution in [0.15, 0.2) is 42.5 Å². The Hall–Kier alpha value is -2.00. The average Bonchev–Trinajstić information content (AvgIpc) is 2.53. The van der Waals surface area contributed by atoms with Crippen LogP contribution in [0.1, 0.15) is 29.7 Å². The Kier molecular flexibility index (Phi) is 5.23. The van der Waals surface area contributed by atoms with E-state index in [9.17, 15) is 0 Å². The summed E-state index contributed by atoms with van der Waals surface area (Å²) < 4.78 is 11.1. The van der Waals surface area contributed by atoms with Crippen LogP contribution in [0.4, 0.5) is 0 Å². The van der Waals surface area contributed by atoms with Gasteiger partial charge in [-0.15, -0.1) is 0 Å². The average molecular weight is 285 g/mol. The van der Waals surface area contributed by atoms with Crippen molar-refractivity contribution >= 4 is 0 Å². The maximum absolute atomic E-state index is 6.19. The van der Waals surface area contributed by atoms with Gasteiger partial charge in [-0.2, -0.15) is 0 Å². The molecule has 0 aliphatic heterocycles. The SMILES string of the molecule is CCc1ccc(C(N)COc2ccc(C)cc2OC)cc1. The second-order valence-corrected chi connectivity index (χ2v) is 5.17. The van der Waals surface area contributed by atoms with E-state index in [2.05, 4.69) is 31.2 Å². The third-order valence-electron chi connectivity index (χ3n) is 3.55. The smallest absolute Gasteiger partial charge is 0.161 e. The third kappa shape index (κ3) is 3.99. The van der Waals surface area contributed by atoms with Crippen LogP contribution >= 0.6 is 0 Å². The van der Waals surface area contributed by atoms with Crippen molar-refractivity contribution in [3.8, 4) is 11.5 Å². The van der Waals surface area contributed by atoms with E-state index in [-0.39, 0.29) is 6.04 Å².